The zero-order valence-electron chi connectivity index (χ0n) is 11.1. The standard InChI is InChI=1S/C12H25N3O/c1-11(12(2)16)15-9-7-14(8-10-15)6-5-13(3)4/h11H,5-10H2,1-4H3. The van der Waals surface area contributed by atoms with Crippen molar-refractivity contribution in [3.8, 4) is 0 Å². The highest BCUT2D eigenvalue weighted by atomic mass is 16.1. The van der Waals surface area contributed by atoms with Gasteiger partial charge in [0.25, 0.3) is 0 Å². The van der Waals surface area contributed by atoms with E-state index in [1.807, 2.05) is 6.92 Å². The average Bonchev–Trinajstić information content (AvgIpc) is 2.26. The van der Waals surface area contributed by atoms with Crippen molar-refractivity contribution >= 4 is 5.78 Å². The molecule has 1 aliphatic heterocycles. The van der Waals surface area contributed by atoms with Crippen LogP contribution in [0.15, 0.2) is 0 Å². The number of hydrogen-bond donors (Lipinski definition) is 0. The van der Waals surface area contributed by atoms with E-state index in [4.69, 9.17) is 0 Å². The van der Waals surface area contributed by atoms with E-state index in [1.54, 1.807) is 6.92 Å². The van der Waals surface area contributed by atoms with Gasteiger partial charge in [0.2, 0.25) is 0 Å². The molecular formula is C12H25N3O. The molecule has 0 saturated carbocycles. The van der Waals surface area contributed by atoms with Crippen molar-refractivity contribution in [2.24, 2.45) is 0 Å². The second-order valence-corrected chi connectivity index (χ2v) is 4.97. The molecule has 1 saturated heterocycles. The molecule has 0 aromatic carbocycles. The first-order valence-corrected chi connectivity index (χ1v) is 6.12. The number of Topliss-reactive ketones (excluding diaryl/α,β-unsaturated/α-hetero) is 1. The van der Waals surface area contributed by atoms with Crippen molar-refractivity contribution in [1.29, 1.82) is 0 Å². The highest BCUT2D eigenvalue weighted by Crippen LogP contribution is 2.06. The number of carbonyl (C=O) groups is 1. The molecule has 1 heterocycles. The molecule has 0 amide bonds. The molecule has 4 heteroatoms. The van der Waals surface area contributed by atoms with Crippen LogP contribution in [0.1, 0.15) is 13.8 Å². The quantitative estimate of drug-likeness (QED) is 0.668. The van der Waals surface area contributed by atoms with Crippen LogP contribution in [-0.4, -0.2) is 79.9 Å². The Bertz CT molecular complexity index is 222. The van der Waals surface area contributed by atoms with Crippen LogP contribution in [0.3, 0.4) is 0 Å². The Hall–Kier alpha value is -0.450. The molecule has 0 bridgehead atoms. The van der Waals surface area contributed by atoms with E-state index in [0.29, 0.717) is 0 Å². The fourth-order valence-electron chi connectivity index (χ4n) is 1.97. The van der Waals surface area contributed by atoms with Crippen molar-refractivity contribution in [2.45, 2.75) is 19.9 Å². The van der Waals surface area contributed by atoms with E-state index in [0.717, 1.165) is 39.3 Å². The first-order valence-electron chi connectivity index (χ1n) is 6.12. The molecule has 4 nitrogen and oxygen atoms in total. The normalized spacial score (nSPS) is 21.3. The molecule has 0 spiro atoms. The smallest absolute Gasteiger partial charge is 0.146 e. The van der Waals surface area contributed by atoms with Crippen LogP contribution in [0.5, 0.6) is 0 Å². The molecule has 94 valence electrons. The van der Waals surface area contributed by atoms with Gasteiger partial charge in [0.1, 0.15) is 5.78 Å². The number of nitrogens with zero attached hydrogens (tertiary/aromatic N) is 3. The van der Waals surface area contributed by atoms with Crippen molar-refractivity contribution in [2.75, 3.05) is 53.4 Å². The molecule has 1 atom stereocenters. The second-order valence-electron chi connectivity index (χ2n) is 4.97. The maximum absolute atomic E-state index is 11.3. The van der Waals surface area contributed by atoms with Gasteiger partial charge in [-0.05, 0) is 27.9 Å². The summed E-state index contributed by atoms with van der Waals surface area (Å²) in [5.41, 5.74) is 0. The Labute approximate surface area is 99.2 Å². The lowest BCUT2D eigenvalue weighted by atomic mass is 10.1. The summed E-state index contributed by atoms with van der Waals surface area (Å²) in [4.78, 5) is 18.3. The minimum absolute atomic E-state index is 0.0935. The molecule has 1 fully saturated rings. The van der Waals surface area contributed by atoms with E-state index in [-0.39, 0.29) is 11.8 Å². The van der Waals surface area contributed by atoms with Gasteiger partial charge in [0.05, 0.1) is 6.04 Å². The number of hydrogen-bond acceptors (Lipinski definition) is 4. The van der Waals surface area contributed by atoms with Crippen molar-refractivity contribution in [3.05, 3.63) is 0 Å². The number of ketones is 1. The molecule has 0 N–H and O–H groups in total. The number of carbonyl (C=O) groups excluding carboxylic acids is 1. The monoisotopic (exact) mass is 227 g/mol. The van der Waals surface area contributed by atoms with Gasteiger partial charge in [-0.1, -0.05) is 0 Å². The maximum Gasteiger partial charge on any atom is 0.146 e. The summed E-state index contributed by atoms with van der Waals surface area (Å²) in [6.45, 7) is 10.2. The Morgan fingerprint density at radius 1 is 1.25 bits per heavy atom. The van der Waals surface area contributed by atoms with E-state index < -0.39 is 0 Å². The average molecular weight is 227 g/mol. The summed E-state index contributed by atoms with van der Waals surface area (Å²) in [5.74, 6) is 0.279. The summed E-state index contributed by atoms with van der Waals surface area (Å²) < 4.78 is 0. The molecule has 0 aromatic rings. The van der Waals surface area contributed by atoms with Gasteiger partial charge in [-0.25, -0.2) is 0 Å². The molecule has 16 heavy (non-hydrogen) atoms. The van der Waals surface area contributed by atoms with Crippen LogP contribution in [0.2, 0.25) is 0 Å². The van der Waals surface area contributed by atoms with Gasteiger partial charge in [-0.3, -0.25) is 14.6 Å². The number of piperazine rings is 1. The maximum atomic E-state index is 11.3. The number of likely N-dealkylation sites (N-methyl/N-ethyl adjacent to an activating group) is 1. The van der Waals surface area contributed by atoms with Gasteiger partial charge in [-0.2, -0.15) is 0 Å². The van der Waals surface area contributed by atoms with Crippen LogP contribution in [-0.2, 0) is 4.79 Å². The summed E-state index contributed by atoms with van der Waals surface area (Å²) >= 11 is 0. The molecule has 0 aliphatic carbocycles. The predicted octanol–water partition coefficient (Wildman–Crippen LogP) is 0.143. The van der Waals surface area contributed by atoms with Crippen LogP contribution < -0.4 is 0 Å². The molecule has 1 rings (SSSR count). The molecule has 1 aliphatic rings. The zero-order valence-corrected chi connectivity index (χ0v) is 11.1. The lowest BCUT2D eigenvalue weighted by Gasteiger charge is -2.37. The predicted molar refractivity (Wildman–Crippen MR) is 66.7 cm³/mol. The van der Waals surface area contributed by atoms with Crippen LogP contribution in [0.25, 0.3) is 0 Å². The third kappa shape index (κ3) is 4.20. The summed E-state index contributed by atoms with van der Waals surface area (Å²) in [5, 5.41) is 0. The Morgan fingerprint density at radius 2 is 1.81 bits per heavy atom. The summed E-state index contributed by atoms with van der Waals surface area (Å²) in [6, 6.07) is 0.0935. The van der Waals surface area contributed by atoms with Crippen molar-refractivity contribution in [1.82, 2.24) is 14.7 Å². The van der Waals surface area contributed by atoms with Crippen molar-refractivity contribution < 1.29 is 4.79 Å². The van der Waals surface area contributed by atoms with E-state index in [9.17, 15) is 4.79 Å². The third-order valence-corrected chi connectivity index (χ3v) is 3.41. The van der Waals surface area contributed by atoms with E-state index in [2.05, 4.69) is 28.8 Å². The topological polar surface area (TPSA) is 26.8 Å². The highest BCUT2D eigenvalue weighted by molar-refractivity contribution is 5.80. The zero-order chi connectivity index (χ0) is 12.1. The van der Waals surface area contributed by atoms with Gasteiger partial charge in [-0.15, -0.1) is 0 Å². The fourth-order valence-corrected chi connectivity index (χ4v) is 1.97. The van der Waals surface area contributed by atoms with Crippen LogP contribution >= 0.6 is 0 Å². The summed E-state index contributed by atoms with van der Waals surface area (Å²) in [6.07, 6.45) is 0. The molecular weight excluding hydrogens is 202 g/mol. The fraction of sp³-hybridized carbons (Fsp3) is 0.917. The lowest BCUT2D eigenvalue weighted by Crippen LogP contribution is -2.52. The molecule has 0 radical (unpaired) electrons. The molecule has 0 aromatic heterocycles. The van der Waals surface area contributed by atoms with Crippen LogP contribution in [0, 0.1) is 0 Å². The Kier molecular flexibility index (Phi) is 5.38. The Morgan fingerprint density at radius 3 is 2.25 bits per heavy atom. The van der Waals surface area contributed by atoms with E-state index >= 15 is 0 Å². The summed E-state index contributed by atoms with van der Waals surface area (Å²) in [7, 11) is 4.21. The van der Waals surface area contributed by atoms with Gasteiger partial charge >= 0.3 is 0 Å². The second kappa shape index (κ2) is 6.33. The van der Waals surface area contributed by atoms with Gasteiger partial charge < -0.3 is 4.90 Å². The van der Waals surface area contributed by atoms with Gasteiger partial charge in [0, 0.05) is 39.3 Å². The first-order chi connectivity index (χ1) is 7.50. The largest absolute Gasteiger partial charge is 0.308 e. The highest BCUT2D eigenvalue weighted by Gasteiger charge is 2.22. The number of rotatable bonds is 5. The van der Waals surface area contributed by atoms with E-state index in [1.165, 1.54) is 0 Å². The van der Waals surface area contributed by atoms with Crippen molar-refractivity contribution in [3.63, 3.8) is 0 Å². The van der Waals surface area contributed by atoms with Gasteiger partial charge in [0.15, 0.2) is 0 Å². The SMILES string of the molecule is CC(=O)C(C)N1CCN(CCN(C)C)CC1. The lowest BCUT2D eigenvalue weighted by molar-refractivity contribution is -0.122. The minimum atomic E-state index is 0.0935. The molecule has 1 unspecified atom stereocenters. The van der Waals surface area contributed by atoms with Crippen LogP contribution in [0.4, 0.5) is 0 Å². The third-order valence-electron chi connectivity index (χ3n) is 3.41. The first kappa shape index (κ1) is 13.6. The Balaban J connectivity index is 2.25. The minimum Gasteiger partial charge on any atom is -0.308 e.